The van der Waals surface area contributed by atoms with E-state index in [9.17, 15) is 13.2 Å². The van der Waals surface area contributed by atoms with E-state index in [4.69, 9.17) is 0 Å². The first-order valence-electron chi connectivity index (χ1n) is 7.11. The minimum Gasteiger partial charge on any atom is -0.343 e. The van der Waals surface area contributed by atoms with Crippen LogP contribution in [0.4, 0.5) is 0 Å². The molecule has 0 bridgehead atoms. The van der Waals surface area contributed by atoms with Gasteiger partial charge in [-0.3, -0.25) is 9.36 Å². The van der Waals surface area contributed by atoms with Gasteiger partial charge in [-0.1, -0.05) is 12.1 Å². The first-order chi connectivity index (χ1) is 10.8. The van der Waals surface area contributed by atoms with Gasteiger partial charge in [-0.25, -0.2) is 13.4 Å². The third kappa shape index (κ3) is 2.92. The molecule has 0 spiro atoms. The van der Waals surface area contributed by atoms with Gasteiger partial charge in [0.15, 0.2) is 9.84 Å². The van der Waals surface area contributed by atoms with Gasteiger partial charge in [0.1, 0.15) is 11.5 Å². The summed E-state index contributed by atoms with van der Waals surface area (Å²) in [7, 11) is -3.22. The predicted molar refractivity (Wildman–Crippen MR) is 88.5 cm³/mol. The van der Waals surface area contributed by atoms with E-state index in [0.717, 1.165) is 11.3 Å². The number of aromatic nitrogens is 3. The lowest BCUT2D eigenvalue weighted by Gasteiger charge is -2.10. The third-order valence-electron chi connectivity index (χ3n) is 3.76. The summed E-state index contributed by atoms with van der Waals surface area (Å²) < 4.78 is 24.6. The molecule has 6 nitrogen and oxygen atoms in total. The van der Waals surface area contributed by atoms with Crippen LogP contribution < -0.4 is 5.56 Å². The SMILES string of the molecule is Cc1cc2c(=O)n(Cc3ccc(S(C)(=O)=O)cc3)c(C)nc2[nH]1. The highest BCUT2D eigenvalue weighted by atomic mass is 32.2. The molecule has 0 aliphatic carbocycles. The fourth-order valence-electron chi connectivity index (χ4n) is 2.55. The van der Waals surface area contributed by atoms with Crippen molar-refractivity contribution >= 4 is 20.9 Å². The van der Waals surface area contributed by atoms with E-state index in [0.29, 0.717) is 23.4 Å². The van der Waals surface area contributed by atoms with Gasteiger partial charge in [0, 0.05) is 11.9 Å². The van der Waals surface area contributed by atoms with Gasteiger partial charge in [-0.05, 0) is 37.6 Å². The lowest BCUT2D eigenvalue weighted by atomic mass is 10.2. The smallest absolute Gasteiger partial charge is 0.263 e. The Morgan fingerprint density at radius 1 is 1.17 bits per heavy atom. The Labute approximate surface area is 133 Å². The fourth-order valence-corrected chi connectivity index (χ4v) is 3.18. The Balaban J connectivity index is 2.03. The molecule has 1 N–H and O–H groups in total. The van der Waals surface area contributed by atoms with Crippen molar-refractivity contribution in [2.45, 2.75) is 25.3 Å². The molecule has 0 unspecified atom stereocenters. The molecule has 7 heteroatoms. The van der Waals surface area contributed by atoms with Crippen LogP contribution in [0.25, 0.3) is 11.0 Å². The lowest BCUT2D eigenvalue weighted by Crippen LogP contribution is -2.24. The standard InChI is InChI=1S/C16H17N3O3S/c1-10-8-14-15(17-10)18-11(2)19(16(14)20)9-12-4-6-13(7-5-12)23(3,21)22/h4-8,17H,9H2,1-3H3. The number of nitrogens with one attached hydrogen (secondary N) is 1. The van der Waals surface area contributed by atoms with Crippen LogP contribution in [0.3, 0.4) is 0 Å². The molecule has 0 saturated carbocycles. The summed E-state index contributed by atoms with van der Waals surface area (Å²) in [5, 5.41) is 0.556. The van der Waals surface area contributed by atoms with E-state index >= 15 is 0 Å². The van der Waals surface area contributed by atoms with Crippen molar-refractivity contribution in [2.75, 3.05) is 6.26 Å². The quantitative estimate of drug-likeness (QED) is 0.793. The molecule has 0 fully saturated rings. The zero-order valence-electron chi connectivity index (χ0n) is 13.1. The van der Waals surface area contributed by atoms with E-state index in [2.05, 4.69) is 9.97 Å². The van der Waals surface area contributed by atoms with Crippen LogP contribution in [0.15, 0.2) is 40.0 Å². The van der Waals surface area contributed by atoms with Crippen molar-refractivity contribution in [2.24, 2.45) is 0 Å². The average Bonchev–Trinajstić information content (AvgIpc) is 2.83. The zero-order chi connectivity index (χ0) is 16.8. The number of aryl methyl sites for hydroxylation is 2. The van der Waals surface area contributed by atoms with Crippen molar-refractivity contribution in [3.05, 3.63) is 57.8 Å². The van der Waals surface area contributed by atoms with Crippen LogP contribution in [0.2, 0.25) is 0 Å². The second-order valence-electron chi connectivity index (χ2n) is 5.68. The maximum atomic E-state index is 12.6. The Bertz CT molecular complexity index is 1040. The molecule has 0 amide bonds. The number of rotatable bonds is 3. The maximum Gasteiger partial charge on any atom is 0.263 e. The molecule has 0 aliphatic heterocycles. The molecule has 0 saturated heterocycles. The van der Waals surface area contributed by atoms with Crippen LogP contribution in [0, 0.1) is 13.8 Å². The topological polar surface area (TPSA) is 84.8 Å². The molecule has 23 heavy (non-hydrogen) atoms. The summed E-state index contributed by atoms with van der Waals surface area (Å²) >= 11 is 0. The van der Waals surface area contributed by atoms with Crippen LogP contribution in [0.1, 0.15) is 17.1 Å². The van der Waals surface area contributed by atoms with Gasteiger partial charge in [-0.15, -0.1) is 0 Å². The molecule has 2 aromatic heterocycles. The first kappa shape index (κ1) is 15.5. The largest absolute Gasteiger partial charge is 0.343 e. The molecule has 2 heterocycles. The molecule has 0 atom stereocenters. The second kappa shape index (κ2) is 5.34. The number of H-pyrrole nitrogens is 1. The van der Waals surface area contributed by atoms with E-state index in [1.165, 1.54) is 6.26 Å². The summed E-state index contributed by atoms with van der Waals surface area (Å²) in [5.41, 5.74) is 2.22. The summed E-state index contributed by atoms with van der Waals surface area (Å²) in [6.45, 7) is 4.01. The van der Waals surface area contributed by atoms with Crippen LogP contribution in [0.5, 0.6) is 0 Å². The monoisotopic (exact) mass is 331 g/mol. The Morgan fingerprint density at radius 3 is 2.43 bits per heavy atom. The highest BCUT2D eigenvalue weighted by Gasteiger charge is 2.11. The van der Waals surface area contributed by atoms with Crippen molar-refractivity contribution in [3.8, 4) is 0 Å². The number of hydrogen-bond donors (Lipinski definition) is 1. The van der Waals surface area contributed by atoms with E-state index in [1.807, 2.05) is 6.92 Å². The summed E-state index contributed by atoms with van der Waals surface area (Å²) in [5.74, 6) is 0.608. The second-order valence-corrected chi connectivity index (χ2v) is 7.70. The molecular formula is C16H17N3O3S. The van der Waals surface area contributed by atoms with E-state index < -0.39 is 9.84 Å². The zero-order valence-corrected chi connectivity index (χ0v) is 13.9. The number of benzene rings is 1. The highest BCUT2D eigenvalue weighted by Crippen LogP contribution is 2.13. The van der Waals surface area contributed by atoms with Crippen LogP contribution in [-0.4, -0.2) is 29.2 Å². The van der Waals surface area contributed by atoms with Crippen molar-refractivity contribution < 1.29 is 8.42 Å². The van der Waals surface area contributed by atoms with E-state index in [-0.39, 0.29) is 10.5 Å². The van der Waals surface area contributed by atoms with Crippen molar-refractivity contribution in [1.82, 2.24) is 14.5 Å². The third-order valence-corrected chi connectivity index (χ3v) is 4.89. The van der Waals surface area contributed by atoms with Gasteiger partial charge >= 0.3 is 0 Å². The fraction of sp³-hybridized carbons (Fsp3) is 0.250. The molecule has 0 aliphatic rings. The summed E-state index contributed by atoms with van der Waals surface area (Å²) in [6, 6.07) is 8.33. The number of hydrogen-bond acceptors (Lipinski definition) is 4. The minimum absolute atomic E-state index is 0.107. The Morgan fingerprint density at radius 2 is 1.83 bits per heavy atom. The van der Waals surface area contributed by atoms with Gasteiger partial charge in [0.2, 0.25) is 0 Å². The molecule has 3 rings (SSSR count). The molecule has 1 aromatic carbocycles. The predicted octanol–water partition coefficient (Wildman–Crippen LogP) is 1.79. The van der Waals surface area contributed by atoms with Crippen molar-refractivity contribution in [3.63, 3.8) is 0 Å². The number of aromatic amines is 1. The molecule has 120 valence electrons. The Hall–Kier alpha value is -2.41. The molecule has 3 aromatic rings. The van der Waals surface area contributed by atoms with Gasteiger partial charge < -0.3 is 4.98 Å². The van der Waals surface area contributed by atoms with Gasteiger partial charge in [0.05, 0.1) is 16.8 Å². The molecular weight excluding hydrogens is 314 g/mol. The van der Waals surface area contributed by atoms with E-state index in [1.54, 1.807) is 41.8 Å². The number of sulfone groups is 1. The van der Waals surface area contributed by atoms with Crippen LogP contribution >= 0.6 is 0 Å². The van der Waals surface area contributed by atoms with Gasteiger partial charge in [0.25, 0.3) is 5.56 Å². The Kier molecular flexibility index (Phi) is 3.60. The maximum absolute atomic E-state index is 12.6. The number of nitrogens with zero attached hydrogens (tertiary/aromatic N) is 2. The summed E-state index contributed by atoms with van der Waals surface area (Å²) in [6.07, 6.45) is 1.17. The lowest BCUT2D eigenvalue weighted by molar-refractivity contribution is 0.602. The summed E-state index contributed by atoms with van der Waals surface area (Å²) in [4.78, 5) is 20.4. The minimum atomic E-state index is -3.22. The first-order valence-corrected chi connectivity index (χ1v) is 9.00. The van der Waals surface area contributed by atoms with Crippen LogP contribution in [-0.2, 0) is 16.4 Å². The average molecular weight is 331 g/mol. The normalized spacial score (nSPS) is 12.0. The van der Waals surface area contributed by atoms with Gasteiger partial charge in [-0.2, -0.15) is 0 Å². The highest BCUT2D eigenvalue weighted by molar-refractivity contribution is 7.90. The van der Waals surface area contributed by atoms with Crippen molar-refractivity contribution in [1.29, 1.82) is 0 Å². The number of fused-ring (bicyclic) bond motifs is 1. The molecule has 0 radical (unpaired) electrons.